The molecule has 2 aliphatic rings. The molecule has 1 fully saturated rings. The van der Waals surface area contributed by atoms with E-state index >= 15 is 0 Å². The van der Waals surface area contributed by atoms with Crippen LogP contribution in [0.25, 0.3) is 0 Å². The fraction of sp³-hybridized carbons (Fsp3) is 0.292. The number of hydrogen-bond acceptors (Lipinski definition) is 5. The second-order valence-electron chi connectivity index (χ2n) is 8.01. The van der Waals surface area contributed by atoms with Crippen LogP contribution in [0.4, 0.5) is 8.78 Å². The van der Waals surface area contributed by atoms with Crippen molar-refractivity contribution in [1.29, 1.82) is 5.41 Å². The number of aliphatic imine (C=N–C) groups is 1. The van der Waals surface area contributed by atoms with Crippen LogP contribution >= 0.6 is 11.6 Å². The second kappa shape index (κ2) is 9.30. The number of fused-ring (bicyclic) bond motifs is 1. The molecule has 1 aromatic carbocycles. The fourth-order valence-corrected chi connectivity index (χ4v) is 4.16. The summed E-state index contributed by atoms with van der Waals surface area (Å²) in [5, 5.41) is 8.77. The Balaban J connectivity index is 1.86. The van der Waals surface area contributed by atoms with Gasteiger partial charge in [0.1, 0.15) is 23.7 Å². The highest BCUT2D eigenvalue weighted by Gasteiger charge is 2.38. The average molecular weight is 456 g/mol. The topological polar surface area (TPSA) is 78.4 Å². The van der Waals surface area contributed by atoms with E-state index in [2.05, 4.69) is 4.98 Å². The number of aromatic nitrogens is 1. The number of nitrogens with one attached hydrogen (secondary N) is 1. The third-order valence-electron chi connectivity index (χ3n) is 5.48. The number of halogens is 3. The minimum Gasteiger partial charge on any atom is -0.327 e. The molecule has 166 valence electrons. The van der Waals surface area contributed by atoms with Crippen molar-refractivity contribution in [2.75, 3.05) is 6.54 Å². The molecule has 8 heteroatoms. The zero-order valence-corrected chi connectivity index (χ0v) is 18.4. The lowest BCUT2D eigenvalue weighted by atomic mass is 9.90. The van der Waals surface area contributed by atoms with Crippen LogP contribution in [0.2, 0.25) is 5.02 Å². The first-order valence-electron chi connectivity index (χ1n) is 10.4. The van der Waals surface area contributed by atoms with Crippen LogP contribution in [0.5, 0.6) is 0 Å². The summed E-state index contributed by atoms with van der Waals surface area (Å²) >= 11 is 5.90. The lowest BCUT2D eigenvalue weighted by Crippen LogP contribution is -2.36. The molecule has 0 amide bonds. The molecule has 3 heterocycles. The highest BCUT2D eigenvalue weighted by atomic mass is 35.5. The van der Waals surface area contributed by atoms with Crippen LogP contribution in [-0.2, 0) is 0 Å². The van der Waals surface area contributed by atoms with Gasteiger partial charge in [0, 0.05) is 36.5 Å². The lowest BCUT2D eigenvalue weighted by Gasteiger charge is -2.33. The van der Waals surface area contributed by atoms with E-state index in [-0.39, 0.29) is 23.2 Å². The van der Waals surface area contributed by atoms with Crippen LogP contribution in [0, 0.1) is 11.2 Å². The van der Waals surface area contributed by atoms with Crippen molar-refractivity contribution in [2.24, 2.45) is 10.7 Å². The van der Waals surface area contributed by atoms with Crippen LogP contribution in [0.3, 0.4) is 0 Å². The van der Waals surface area contributed by atoms with E-state index < -0.39 is 18.0 Å². The summed E-state index contributed by atoms with van der Waals surface area (Å²) in [6.45, 7) is 2.01. The SMILES string of the molecule is CC(F)C/C=C\C(=N)C1=C2CC(N)CN2C(c2ccccn2)=NC1c1ccc(Cl)c(F)c1. The maximum absolute atomic E-state index is 14.4. The quantitative estimate of drug-likeness (QED) is 0.602. The highest BCUT2D eigenvalue weighted by Crippen LogP contribution is 2.40. The molecule has 4 rings (SSSR count). The average Bonchev–Trinajstić information content (AvgIpc) is 3.15. The molecule has 3 unspecified atom stereocenters. The molecule has 3 N–H and O–H groups in total. The Morgan fingerprint density at radius 2 is 2.19 bits per heavy atom. The minimum absolute atomic E-state index is 0.0177. The molecule has 0 radical (unpaired) electrons. The minimum atomic E-state index is -1.01. The van der Waals surface area contributed by atoms with Crippen molar-refractivity contribution in [2.45, 2.75) is 38.0 Å². The number of allylic oxidation sites excluding steroid dienone is 2. The zero-order chi connectivity index (χ0) is 22.8. The Bertz CT molecular complexity index is 1110. The Morgan fingerprint density at radius 3 is 2.88 bits per heavy atom. The van der Waals surface area contributed by atoms with Gasteiger partial charge >= 0.3 is 0 Å². The zero-order valence-electron chi connectivity index (χ0n) is 17.6. The standard InChI is InChI=1S/C24H24ClF2N5/c1-14(26)5-4-6-19(29)22-21-12-16(28)13-32(21)24(20-7-2-3-10-30-20)31-23(22)15-8-9-17(25)18(27)11-15/h2-4,6-11,14,16,23,29H,5,12-13,28H2,1H3/b6-4-,29-19?. The maximum Gasteiger partial charge on any atom is 0.155 e. The third kappa shape index (κ3) is 4.49. The summed E-state index contributed by atoms with van der Waals surface area (Å²) in [6.07, 6.45) is 4.65. The van der Waals surface area contributed by atoms with Gasteiger partial charge in [-0.3, -0.25) is 9.98 Å². The van der Waals surface area contributed by atoms with Gasteiger partial charge in [-0.15, -0.1) is 0 Å². The van der Waals surface area contributed by atoms with E-state index in [1.54, 1.807) is 24.4 Å². The van der Waals surface area contributed by atoms with Gasteiger partial charge in [0.15, 0.2) is 5.84 Å². The van der Waals surface area contributed by atoms with E-state index in [1.807, 2.05) is 23.1 Å². The first-order chi connectivity index (χ1) is 15.3. The van der Waals surface area contributed by atoms with E-state index in [0.29, 0.717) is 35.6 Å². The third-order valence-corrected chi connectivity index (χ3v) is 5.79. The molecule has 2 aromatic rings. The normalized spacial score (nSPS) is 21.7. The van der Waals surface area contributed by atoms with Gasteiger partial charge in [0.25, 0.3) is 0 Å². The maximum atomic E-state index is 14.4. The molecule has 2 aliphatic heterocycles. The first kappa shape index (κ1) is 22.3. The van der Waals surface area contributed by atoms with Crippen LogP contribution in [0.1, 0.15) is 37.1 Å². The van der Waals surface area contributed by atoms with E-state index in [4.69, 9.17) is 27.7 Å². The van der Waals surface area contributed by atoms with Gasteiger partial charge in [-0.1, -0.05) is 29.8 Å². The van der Waals surface area contributed by atoms with Crippen molar-refractivity contribution in [3.63, 3.8) is 0 Å². The van der Waals surface area contributed by atoms with Gasteiger partial charge in [-0.2, -0.15) is 0 Å². The molecule has 1 aromatic heterocycles. The summed E-state index contributed by atoms with van der Waals surface area (Å²) in [4.78, 5) is 11.4. The molecule has 5 nitrogen and oxygen atoms in total. The number of rotatable bonds is 6. The Kier molecular flexibility index (Phi) is 6.48. The number of hydrogen-bond donors (Lipinski definition) is 2. The van der Waals surface area contributed by atoms with Gasteiger partial charge in [0.2, 0.25) is 0 Å². The molecule has 0 spiro atoms. The molecule has 0 saturated carbocycles. The van der Waals surface area contributed by atoms with Gasteiger partial charge < -0.3 is 16.0 Å². The number of alkyl halides is 1. The predicted molar refractivity (Wildman–Crippen MR) is 123 cm³/mol. The number of amidine groups is 1. The molecular weight excluding hydrogens is 432 g/mol. The Morgan fingerprint density at radius 1 is 1.38 bits per heavy atom. The first-order valence-corrected chi connectivity index (χ1v) is 10.8. The summed E-state index contributed by atoms with van der Waals surface area (Å²) in [6, 6.07) is 9.32. The molecule has 3 atom stereocenters. The molecule has 0 aliphatic carbocycles. The van der Waals surface area contributed by atoms with Gasteiger partial charge in [-0.25, -0.2) is 8.78 Å². The molecule has 0 bridgehead atoms. The van der Waals surface area contributed by atoms with Crippen molar-refractivity contribution in [3.8, 4) is 0 Å². The number of pyridine rings is 1. The summed E-state index contributed by atoms with van der Waals surface area (Å²) in [5.41, 5.74) is 9.22. The van der Waals surface area contributed by atoms with E-state index in [0.717, 1.165) is 5.70 Å². The largest absolute Gasteiger partial charge is 0.327 e. The summed E-state index contributed by atoms with van der Waals surface area (Å²) in [5.74, 6) is 0.0776. The summed E-state index contributed by atoms with van der Waals surface area (Å²) in [7, 11) is 0. The monoisotopic (exact) mass is 455 g/mol. The molecule has 32 heavy (non-hydrogen) atoms. The van der Waals surface area contributed by atoms with Crippen molar-refractivity contribution >= 4 is 23.1 Å². The Hall–Kier alpha value is -2.90. The number of nitrogens with two attached hydrogens (primary N) is 1. The van der Waals surface area contributed by atoms with Gasteiger partial charge in [0.05, 0.1) is 10.7 Å². The van der Waals surface area contributed by atoms with Crippen LogP contribution in [0.15, 0.2) is 71.0 Å². The predicted octanol–water partition coefficient (Wildman–Crippen LogP) is 4.99. The number of nitrogens with zero attached hydrogens (tertiary/aromatic N) is 3. The van der Waals surface area contributed by atoms with Crippen LogP contribution in [-0.4, -0.2) is 40.2 Å². The van der Waals surface area contributed by atoms with E-state index in [1.165, 1.54) is 19.1 Å². The second-order valence-corrected chi connectivity index (χ2v) is 8.42. The smallest absolute Gasteiger partial charge is 0.155 e. The van der Waals surface area contributed by atoms with Crippen molar-refractivity contribution < 1.29 is 8.78 Å². The van der Waals surface area contributed by atoms with E-state index in [9.17, 15) is 8.78 Å². The lowest BCUT2D eigenvalue weighted by molar-refractivity contribution is 0.365. The molecular formula is C24H24ClF2N5. The number of benzene rings is 1. The summed E-state index contributed by atoms with van der Waals surface area (Å²) < 4.78 is 27.6. The van der Waals surface area contributed by atoms with Crippen molar-refractivity contribution in [3.05, 3.63) is 88.1 Å². The van der Waals surface area contributed by atoms with Crippen molar-refractivity contribution in [1.82, 2.24) is 9.88 Å². The van der Waals surface area contributed by atoms with Crippen LogP contribution < -0.4 is 5.73 Å². The van der Waals surface area contributed by atoms with Gasteiger partial charge in [-0.05, 0) is 49.2 Å². The Labute approximate surface area is 190 Å². The fourth-order valence-electron chi connectivity index (χ4n) is 4.04. The highest BCUT2D eigenvalue weighted by molar-refractivity contribution is 6.30. The molecule has 1 saturated heterocycles.